The first-order chi connectivity index (χ1) is 7.92. The molecule has 1 nitrogen and oxygen atoms in total. The SMILES string of the molecule is CC(C)[Si]([18F])(c1ccc(CCO)cc1)C(C)C. The Morgan fingerprint density at radius 1 is 1.06 bits per heavy atom. The van der Waals surface area contributed by atoms with Crippen molar-refractivity contribution < 1.29 is 9.21 Å². The van der Waals surface area contributed by atoms with Crippen LogP contribution in [0.3, 0.4) is 0 Å². The van der Waals surface area contributed by atoms with Gasteiger partial charge in [0.05, 0.1) is 0 Å². The molecule has 0 aromatic heterocycles. The third-order valence-corrected chi connectivity index (χ3v) is 8.06. The van der Waals surface area contributed by atoms with Gasteiger partial charge in [-0.05, 0) is 28.3 Å². The Balaban J connectivity index is 3.04. The molecule has 0 aliphatic carbocycles. The lowest BCUT2D eigenvalue weighted by molar-refractivity contribution is 0.299. The van der Waals surface area contributed by atoms with Gasteiger partial charge in [-0.2, -0.15) is 0 Å². The molecule has 0 amide bonds. The number of hydrogen-bond donors (Lipinski definition) is 1. The summed E-state index contributed by atoms with van der Waals surface area (Å²) in [6, 6.07) is 7.71. The lowest BCUT2D eigenvalue weighted by Crippen LogP contribution is -2.49. The minimum absolute atomic E-state index is 0.0891. The molecule has 1 aromatic rings. The monoisotopic (exact) mass is 253 g/mol. The summed E-state index contributed by atoms with van der Waals surface area (Å²) < 4.78 is 15.2. The maximum Gasteiger partial charge on any atom is 0.282 e. The van der Waals surface area contributed by atoms with Crippen LogP contribution in [0, 0.1) is 0 Å². The zero-order valence-corrected chi connectivity index (χ0v) is 12.2. The van der Waals surface area contributed by atoms with Crippen LogP contribution in [0.1, 0.15) is 33.3 Å². The van der Waals surface area contributed by atoms with Gasteiger partial charge in [0.1, 0.15) is 0 Å². The molecule has 0 spiro atoms. The van der Waals surface area contributed by atoms with Gasteiger partial charge >= 0.3 is 0 Å². The molecule has 1 aromatic carbocycles. The number of rotatable bonds is 5. The van der Waals surface area contributed by atoms with Crippen LogP contribution in [0.15, 0.2) is 24.3 Å². The first-order valence-corrected chi connectivity index (χ1v) is 8.35. The average molecular weight is 253 g/mol. The van der Waals surface area contributed by atoms with Crippen molar-refractivity contribution in [2.75, 3.05) is 6.61 Å². The normalized spacial score (nSPS) is 12.5. The summed E-state index contributed by atoms with van der Waals surface area (Å²) in [5.41, 5.74) is 1.25. The fourth-order valence-corrected chi connectivity index (χ4v) is 5.73. The van der Waals surface area contributed by atoms with Crippen LogP contribution in [-0.2, 0) is 6.42 Å². The predicted molar refractivity (Wildman–Crippen MR) is 73.9 cm³/mol. The van der Waals surface area contributed by atoms with Crippen LogP contribution in [0.25, 0.3) is 0 Å². The molecule has 0 unspecified atom stereocenters. The summed E-state index contributed by atoms with van der Waals surface area (Å²) in [6.07, 6.45) is 0.643. The largest absolute Gasteiger partial charge is 0.396 e. The molecule has 96 valence electrons. The number of hydrogen-bond acceptors (Lipinski definition) is 1. The zero-order valence-electron chi connectivity index (χ0n) is 11.2. The molecule has 0 heterocycles. The Hall–Kier alpha value is -0.673. The minimum atomic E-state index is -2.89. The van der Waals surface area contributed by atoms with Crippen molar-refractivity contribution in [2.45, 2.75) is 45.2 Å². The van der Waals surface area contributed by atoms with Crippen LogP contribution in [0.4, 0.5) is 4.11 Å². The number of halogens is 1. The average Bonchev–Trinajstić information content (AvgIpc) is 2.28. The van der Waals surface area contributed by atoms with Gasteiger partial charge in [0.25, 0.3) is 8.41 Å². The third-order valence-electron chi connectivity index (χ3n) is 3.48. The summed E-state index contributed by atoms with van der Waals surface area (Å²) in [5, 5.41) is 9.74. The van der Waals surface area contributed by atoms with E-state index >= 15 is 4.11 Å². The van der Waals surface area contributed by atoms with Crippen molar-refractivity contribution in [3.05, 3.63) is 29.8 Å². The molecule has 0 bridgehead atoms. The van der Waals surface area contributed by atoms with E-state index in [9.17, 15) is 0 Å². The second-order valence-corrected chi connectivity index (χ2v) is 9.67. The molecule has 0 fully saturated rings. The molecule has 0 saturated heterocycles. The van der Waals surface area contributed by atoms with Gasteiger partial charge in [-0.15, -0.1) is 0 Å². The Labute approximate surface area is 105 Å². The van der Waals surface area contributed by atoms with Gasteiger partial charge in [0.15, 0.2) is 0 Å². The summed E-state index contributed by atoms with van der Waals surface area (Å²) in [5.74, 6) is 0. The van der Waals surface area contributed by atoms with Crippen molar-refractivity contribution in [1.82, 2.24) is 0 Å². The smallest absolute Gasteiger partial charge is 0.282 e. The molecular formula is C14H23FOSi. The van der Waals surface area contributed by atoms with Crippen molar-refractivity contribution >= 4 is 13.6 Å². The van der Waals surface area contributed by atoms with Crippen molar-refractivity contribution in [3.63, 3.8) is 0 Å². The Bertz CT molecular complexity index is 338. The standard InChI is InChI=1S/C14H23FOSi/c1-11(2)17(15,12(3)4)14-7-5-13(6-8-14)9-10-16/h5-8,11-12,16H,9-10H2,1-4H3/i15-1. The van der Waals surface area contributed by atoms with E-state index in [1.54, 1.807) is 0 Å². The molecule has 0 atom stereocenters. The molecular weight excluding hydrogens is 230 g/mol. The third kappa shape index (κ3) is 2.96. The highest BCUT2D eigenvalue weighted by atomic mass is 28.4. The van der Waals surface area contributed by atoms with E-state index in [0.717, 1.165) is 10.8 Å². The van der Waals surface area contributed by atoms with E-state index in [2.05, 4.69) is 0 Å². The lowest BCUT2D eigenvalue weighted by atomic mass is 10.2. The summed E-state index contributed by atoms with van der Waals surface area (Å²) in [7, 11) is -2.89. The van der Waals surface area contributed by atoms with E-state index in [1.807, 2.05) is 52.0 Å². The quantitative estimate of drug-likeness (QED) is 0.631. The van der Waals surface area contributed by atoms with Crippen LogP contribution in [-0.4, -0.2) is 20.1 Å². The Morgan fingerprint density at radius 3 is 1.88 bits per heavy atom. The fraction of sp³-hybridized carbons (Fsp3) is 0.571. The van der Waals surface area contributed by atoms with E-state index in [0.29, 0.717) is 6.42 Å². The summed E-state index contributed by atoms with van der Waals surface area (Å²) in [4.78, 5) is 0. The maximum absolute atomic E-state index is 15.2. The van der Waals surface area contributed by atoms with Crippen molar-refractivity contribution in [1.29, 1.82) is 0 Å². The molecule has 0 aliphatic rings. The highest BCUT2D eigenvalue weighted by molar-refractivity contribution is 6.88. The number of aliphatic hydroxyl groups excluding tert-OH is 1. The Morgan fingerprint density at radius 2 is 1.53 bits per heavy atom. The van der Waals surface area contributed by atoms with E-state index in [-0.39, 0.29) is 17.7 Å². The number of benzene rings is 1. The van der Waals surface area contributed by atoms with E-state index < -0.39 is 8.41 Å². The fourth-order valence-electron chi connectivity index (χ4n) is 2.39. The molecule has 3 heteroatoms. The highest BCUT2D eigenvalue weighted by Gasteiger charge is 2.43. The second-order valence-electron chi connectivity index (χ2n) is 5.25. The van der Waals surface area contributed by atoms with E-state index in [1.165, 1.54) is 0 Å². The topological polar surface area (TPSA) is 20.2 Å². The van der Waals surface area contributed by atoms with E-state index in [4.69, 9.17) is 5.11 Å². The number of aliphatic hydroxyl groups is 1. The van der Waals surface area contributed by atoms with Crippen molar-refractivity contribution in [2.24, 2.45) is 0 Å². The molecule has 0 radical (unpaired) electrons. The lowest BCUT2D eigenvalue weighted by Gasteiger charge is -2.30. The van der Waals surface area contributed by atoms with Crippen LogP contribution < -0.4 is 5.19 Å². The summed E-state index contributed by atoms with van der Waals surface area (Å²) >= 11 is 0. The first kappa shape index (κ1) is 14.4. The molecule has 1 N–H and O–H groups in total. The van der Waals surface area contributed by atoms with Crippen molar-refractivity contribution in [3.8, 4) is 0 Å². The first-order valence-electron chi connectivity index (χ1n) is 6.32. The second kappa shape index (κ2) is 5.78. The summed E-state index contributed by atoms with van der Waals surface area (Å²) in [6.45, 7) is 8.06. The zero-order chi connectivity index (χ0) is 13.1. The van der Waals surface area contributed by atoms with Gasteiger partial charge in [-0.1, -0.05) is 52.0 Å². The van der Waals surface area contributed by atoms with Crippen LogP contribution >= 0.6 is 0 Å². The van der Waals surface area contributed by atoms with Gasteiger partial charge in [0, 0.05) is 6.61 Å². The minimum Gasteiger partial charge on any atom is -0.396 e. The van der Waals surface area contributed by atoms with Gasteiger partial charge in [0.2, 0.25) is 0 Å². The van der Waals surface area contributed by atoms with Crippen LogP contribution in [0.5, 0.6) is 0 Å². The Kier molecular flexibility index (Phi) is 4.89. The molecule has 17 heavy (non-hydrogen) atoms. The van der Waals surface area contributed by atoms with Crippen LogP contribution in [0.2, 0.25) is 11.1 Å². The predicted octanol–water partition coefficient (Wildman–Crippen LogP) is 3.16. The molecule has 0 aliphatic heterocycles. The van der Waals surface area contributed by atoms with Gasteiger partial charge < -0.3 is 9.21 Å². The highest BCUT2D eigenvalue weighted by Crippen LogP contribution is 2.33. The maximum atomic E-state index is 15.2. The van der Waals surface area contributed by atoms with Gasteiger partial charge in [-0.3, -0.25) is 0 Å². The molecule has 0 saturated carbocycles. The van der Waals surface area contributed by atoms with Gasteiger partial charge in [-0.25, -0.2) is 0 Å². The molecule has 1 rings (SSSR count).